The molecule has 1 unspecified atom stereocenters. The van der Waals surface area contributed by atoms with Crippen LogP contribution in [0.4, 0.5) is 5.82 Å². The number of carbonyl (C=O) groups is 1. The topological polar surface area (TPSA) is 59.9 Å². The third kappa shape index (κ3) is 4.65. The fraction of sp³-hybridized carbons (Fsp3) is 0.647. The summed E-state index contributed by atoms with van der Waals surface area (Å²) in [5, 5.41) is 8.95. The molecule has 2 saturated heterocycles. The summed E-state index contributed by atoms with van der Waals surface area (Å²) < 4.78 is 0. The fourth-order valence-electron chi connectivity index (χ4n) is 3.70. The lowest BCUT2D eigenvalue weighted by atomic mass is 9.97. The maximum atomic E-state index is 10.9. The lowest BCUT2D eigenvalue weighted by molar-refractivity contribution is -0.138. The number of carboxylic acid groups (broad SMARTS) is 1. The monoisotopic (exact) mass is 318 g/mol. The van der Waals surface area contributed by atoms with Gasteiger partial charge in [-0.2, -0.15) is 0 Å². The Morgan fingerprint density at radius 2 is 2.00 bits per heavy atom. The van der Waals surface area contributed by atoms with E-state index in [4.69, 9.17) is 5.11 Å². The number of carboxylic acids is 1. The summed E-state index contributed by atoms with van der Waals surface area (Å²) in [6.07, 6.45) is 4.18. The maximum Gasteiger partial charge on any atom is 0.317 e. The van der Waals surface area contributed by atoms with Gasteiger partial charge in [0, 0.05) is 45.5 Å². The second kappa shape index (κ2) is 7.75. The quantitative estimate of drug-likeness (QED) is 0.874. The number of rotatable bonds is 5. The van der Waals surface area contributed by atoms with E-state index in [0.29, 0.717) is 5.92 Å². The molecule has 0 radical (unpaired) electrons. The summed E-state index contributed by atoms with van der Waals surface area (Å²) in [4.78, 5) is 22.2. The highest BCUT2D eigenvalue weighted by Gasteiger charge is 2.25. The highest BCUT2D eigenvalue weighted by atomic mass is 16.4. The third-order valence-corrected chi connectivity index (χ3v) is 4.82. The second-order valence-corrected chi connectivity index (χ2v) is 6.61. The van der Waals surface area contributed by atoms with Crippen LogP contribution in [0.2, 0.25) is 0 Å². The van der Waals surface area contributed by atoms with E-state index in [9.17, 15) is 4.79 Å². The molecular formula is C17H26N4O2. The van der Waals surface area contributed by atoms with Crippen LogP contribution in [0.1, 0.15) is 12.8 Å². The highest BCUT2D eigenvalue weighted by Crippen LogP contribution is 2.19. The largest absolute Gasteiger partial charge is 0.480 e. The van der Waals surface area contributed by atoms with Crippen LogP contribution in [0.3, 0.4) is 0 Å². The molecule has 3 rings (SSSR count). The molecule has 1 N–H and O–H groups in total. The smallest absolute Gasteiger partial charge is 0.317 e. The van der Waals surface area contributed by atoms with Gasteiger partial charge in [-0.05, 0) is 37.4 Å². The number of anilines is 1. The molecule has 1 aromatic rings. The highest BCUT2D eigenvalue weighted by molar-refractivity contribution is 5.69. The fourth-order valence-corrected chi connectivity index (χ4v) is 3.70. The van der Waals surface area contributed by atoms with E-state index in [1.54, 1.807) is 0 Å². The van der Waals surface area contributed by atoms with Crippen molar-refractivity contribution in [3.63, 3.8) is 0 Å². The van der Waals surface area contributed by atoms with E-state index in [1.807, 2.05) is 18.3 Å². The Morgan fingerprint density at radius 3 is 2.70 bits per heavy atom. The van der Waals surface area contributed by atoms with Gasteiger partial charge in [-0.15, -0.1) is 0 Å². The zero-order valence-corrected chi connectivity index (χ0v) is 13.6. The van der Waals surface area contributed by atoms with Gasteiger partial charge in [0.1, 0.15) is 5.82 Å². The predicted molar refractivity (Wildman–Crippen MR) is 89.7 cm³/mol. The first kappa shape index (κ1) is 16.2. The van der Waals surface area contributed by atoms with E-state index in [1.165, 1.54) is 6.42 Å². The lowest BCUT2D eigenvalue weighted by Gasteiger charge is -2.39. The van der Waals surface area contributed by atoms with Gasteiger partial charge >= 0.3 is 5.97 Å². The number of nitrogens with zero attached hydrogens (tertiary/aromatic N) is 4. The van der Waals surface area contributed by atoms with Gasteiger partial charge in [0.25, 0.3) is 0 Å². The summed E-state index contributed by atoms with van der Waals surface area (Å²) >= 11 is 0. The minimum atomic E-state index is -0.713. The summed E-state index contributed by atoms with van der Waals surface area (Å²) in [6, 6.07) is 6.06. The molecule has 2 fully saturated rings. The SMILES string of the molecule is O=C(O)CN1CCCC(CN2CCN(c3ccccn3)CC2)C1. The van der Waals surface area contributed by atoms with Crippen molar-refractivity contribution in [2.24, 2.45) is 5.92 Å². The number of hydrogen-bond donors (Lipinski definition) is 1. The Hall–Kier alpha value is -1.66. The molecule has 0 amide bonds. The summed E-state index contributed by atoms with van der Waals surface area (Å²) in [6.45, 7) is 7.28. The normalized spacial score (nSPS) is 23.8. The van der Waals surface area contributed by atoms with E-state index < -0.39 is 5.97 Å². The van der Waals surface area contributed by atoms with Crippen molar-refractivity contribution in [2.45, 2.75) is 12.8 Å². The molecule has 6 heteroatoms. The molecular weight excluding hydrogens is 292 g/mol. The first-order valence-electron chi connectivity index (χ1n) is 8.53. The molecule has 0 spiro atoms. The average molecular weight is 318 g/mol. The molecule has 2 aliphatic heterocycles. The maximum absolute atomic E-state index is 10.9. The van der Waals surface area contributed by atoms with Gasteiger partial charge in [0.2, 0.25) is 0 Å². The Kier molecular flexibility index (Phi) is 5.46. The zero-order valence-electron chi connectivity index (χ0n) is 13.6. The van der Waals surface area contributed by atoms with Crippen molar-refractivity contribution in [1.29, 1.82) is 0 Å². The van der Waals surface area contributed by atoms with Crippen LogP contribution in [0, 0.1) is 5.92 Å². The van der Waals surface area contributed by atoms with Gasteiger partial charge in [-0.25, -0.2) is 4.98 Å². The van der Waals surface area contributed by atoms with Crippen LogP contribution in [-0.4, -0.2) is 78.2 Å². The Balaban J connectivity index is 1.44. The molecule has 0 aromatic carbocycles. The van der Waals surface area contributed by atoms with Crippen LogP contribution in [-0.2, 0) is 4.79 Å². The van der Waals surface area contributed by atoms with E-state index in [0.717, 1.165) is 58.1 Å². The molecule has 6 nitrogen and oxygen atoms in total. The minimum Gasteiger partial charge on any atom is -0.480 e. The lowest BCUT2D eigenvalue weighted by Crippen LogP contribution is -2.50. The summed E-state index contributed by atoms with van der Waals surface area (Å²) in [5.41, 5.74) is 0. The van der Waals surface area contributed by atoms with E-state index in [2.05, 4.69) is 25.8 Å². The van der Waals surface area contributed by atoms with Gasteiger partial charge in [-0.1, -0.05) is 6.07 Å². The number of aliphatic carboxylic acids is 1. The number of piperidine rings is 1. The Bertz CT molecular complexity index is 503. The van der Waals surface area contributed by atoms with Crippen molar-refractivity contribution in [1.82, 2.24) is 14.8 Å². The summed E-state index contributed by atoms with van der Waals surface area (Å²) in [7, 11) is 0. The van der Waals surface area contributed by atoms with E-state index >= 15 is 0 Å². The van der Waals surface area contributed by atoms with Crippen molar-refractivity contribution in [3.05, 3.63) is 24.4 Å². The molecule has 3 heterocycles. The van der Waals surface area contributed by atoms with Crippen LogP contribution >= 0.6 is 0 Å². The van der Waals surface area contributed by atoms with Crippen molar-refractivity contribution >= 4 is 11.8 Å². The second-order valence-electron chi connectivity index (χ2n) is 6.61. The molecule has 0 bridgehead atoms. The third-order valence-electron chi connectivity index (χ3n) is 4.82. The van der Waals surface area contributed by atoms with Crippen molar-refractivity contribution < 1.29 is 9.90 Å². The molecule has 0 aliphatic carbocycles. The predicted octanol–water partition coefficient (Wildman–Crippen LogP) is 1.00. The molecule has 2 aliphatic rings. The standard InChI is InChI=1S/C17H26N4O2/c22-17(23)14-20-7-3-4-15(13-20)12-19-8-10-21(11-9-19)16-5-1-2-6-18-16/h1-2,5-6,15H,3-4,7-14H2,(H,22,23). The number of likely N-dealkylation sites (tertiary alicyclic amines) is 1. The molecule has 0 saturated carbocycles. The molecule has 1 atom stereocenters. The number of hydrogen-bond acceptors (Lipinski definition) is 5. The first-order chi connectivity index (χ1) is 11.2. The van der Waals surface area contributed by atoms with Gasteiger partial charge < -0.3 is 10.0 Å². The van der Waals surface area contributed by atoms with Crippen LogP contribution in [0.15, 0.2) is 24.4 Å². The number of pyridine rings is 1. The van der Waals surface area contributed by atoms with Gasteiger partial charge in [-0.3, -0.25) is 14.6 Å². The van der Waals surface area contributed by atoms with E-state index in [-0.39, 0.29) is 6.54 Å². The Morgan fingerprint density at radius 1 is 1.17 bits per heavy atom. The molecule has 1 aromatic heterocycles. The summed E-state index contributed by atoms with van der Waals surface area (Å²) in [5.74, 6) is 0.955. The van der Waals surface area contributed by atoms with Gasteiger partial charge in [0.15, 0.2) is 0 Å². The van der Waals surface area contributed by atoms with Crippen LogP contribution in [0.5, 0.6) is 0 Å². The molecule has 126 valence electrons. The number of aromatic nitrogens is 1. The number of piperazine rings is 1. The van der Waals surface area contributed by atoms with Crippen molar-refractivity contribution in [3.8, 4) is 0 Å². The van der Waals surface area contributed by atoms with Crippen LogP contribution < -0.4 is 4.90 Å². The minimum absolute atomic E-state index is 0.184. The first-order valence-corrected chi connectivity index (χ1v) is 8.53. The average Bonchev–Trinajstić information content (AvgIpc) is 2.56. The van der Waals surface area contributed by atoms with Crippen molar-refractivity contribution in [2.75, 3.05) is 57.3 Å². The van der Waals surface area contributed by atoms with Gasteiger partial charge in [0.05, 0.1) is 6.54 Å². The molecule has 23 heavy (non-hydrogen) atoms. The Labute approximate surface area is 137 Å². The zero-order chi connectivity index (χ0) is 16.1. The van der Waals surface area contributed by atoms with Crippen LogP contribution in [0.25, 0.3) is 0 Å².